The third-order valence-electron chi connectivity index (χ3n) is 3.61. The lowest BCUT2D eigenvalue weighted by molar-refractivity contribution is -0.117. The molecule has 0 bridgehead atoms. The Balaban J connectivity index is 1.76. The van der Waals surface area contributed by atoms with Crippen LogP contribution < -0.4 is 16.2 Å². The van der Waals surface area contributed by atoms with Crippen LogP contribution in [0.1, 0.15) is 6.92 Å². The van der Waals surface area contributed by atoms with Crippen LogP contribution in [0.25, 0.3) is 10.8 Å². The van der Waals surface area contributed by atoms with Crippen molar-refractivity contribution in [1.82, 2.24) is 9.78 Å². The third kappa shape index (κ3) is 3.89. The summed E-state index contributed by atoms with van der Waals surface area (Å²) in [5.74, 6) is -0.598. The molecule has 1 heterocycles. The highest BCUT2D eigenvalue weighted by atomic mass is 35.5. The number of hydrogen-bond acceptors (Lipinski definition) is 4. The van der Waals surface area contributed by atoms with Gasteiger partial charge in [-0.15, -0.1) is 0 Å². The lowest BCUT2D eigenvalue weighted by Crippen LogP contribution is -2.29. The topological polar surface area (TPSA) is 93.1 Å². The molecular formula is C18H15ClN4O3. The van der Waals surface area contributed by atoms with Crippen LogP contribution in [0, 0.1) is 0 Å². The van der Waals surface area contributed by atoms with Crippen LogP contribution >= 0.6 is 11.6 Å². The highest BCUT2D eigenvalue weighted by Crippen LogP contribution is 2.17. The molecule has 7 nitrogen and oxygen atoms in total. The molecule has 0 aliphatic heterocycles. The maximum Gasteiger partial charge on any atom is 0.275 e. The van der Waals surface area contributed by atoms with Crippen molar-refractivity contribution in [2.75, 3.05) is 10.6 Å². The Kier molecular flexibility index (Phi) is 4.99. The van der Waals surface area contributed by atoms with Gasteiger partial charge in [0.25, 0.3) is 5.56 Å². The van der Waals surface area contributed by atoms with Gasteiger partial charge in [-0.05, 0) is 30.3 Å². The van der Waals surface area contributed by atoms with Crippen molar-refractivity contribution in [3.05, 3.63) is 64.0 Å². The molecule has 0 spiro atoms. The number of benzene rings is 2. The minimum atomic E-state index is -0.418. The maximum absolute atomic E-state index is 12.4. The molecule has 0 fully saturated rings. The lowest BCUT2D eigenvalue weighted by Gasteiger charge is -2.09. The van der Waals surface area contributed by atoms with Crippen molar-refractivity contribution in [2.24, 2.45) is 0 Å². The van der Waals surface area contributed by atoms with Gasteiger partial charge in [0.15, 0.2) is 5.15 Å². The summed E-state index contributed by atoms with van der Waals surface area (Å²) in [7, 11) is 0. The average Bonchev–Trinajstić information content (AvgIpc) is 2.61. The molecule has 2 N–H and O–H groups in total. The Hall–Kier alpha value is -3.19. The number of nitrogens with one attached hydrogen (secondary N) is 2. The number of rotatable bonds is 4. The molecule has 3 aromatic rings. The monoisotopic (exact) mass is 370 g/mol. The zero-order valence-corrected chi connectivity index (χ0v) is 14.6. The summed E-state index contributed by atoms with van der Waals surface area (Å²) in [5.41, 5.74) is 0.764. The van der Waals surface area contributed by atoms with Gasteiger partial charge in [0.05, 0.1) is 5.39 Å². The van der Waals surface area contributed by atoms with Crippen molar-refractivity contribution in [3.63, 3.8) is 0 Å². The summed E-state index contributed by atoms with van der Waals surface area (Å²) in [6.45, 7) is 1.14. The van der Waals surface area contributed by atoms with Gasteiger partial charge >= 0.3 is 0 Å². The summed E-state index contributed by atoms with van der Waals surface area (Å²) in [6, 6.07) is 13.4. The van der Waals surface area contributed by atoms with E-state index in [1.54, 1.807) is 48.5 Å². The molecule has 0 aliphatic carbocycles. The molecule has 0 saturated heterocycles. The molecule has 0 aliphatic rings. The van der Waals surface area contributed by atoms with Gasteiger partial charge in [-0.1, -0.05) is 29.8 Å². The fraction of sp³-hybridized carbons (Fsp3) is 0.111. The molecule has 0 unspecified atom stereocenters. The Morgan fingerprint density at radius 1 is 1.00 bits per heavy atom. The van der Waals surface area contributed by atoms with E-state index < -0.39 is 5.91 Å². The van der Waals surface area contributed by atoms with E-state index in [0.717, 1.165) is 4.68 Å². The second-order valence-corrected chi connectivity index (χ2v) is 5.96. The molecule has 2 amide bonds. The van der Waals surface area contributed by atoms with Gasteiger partial charge < -0.3 is 10.6 Å². The zero-order valence-electron chi connectivity index (χ0n) is 13.8. The van der Waals surface area contributed by atoms with Crippen LogP contribution in [-0.2, 0) is 16.1 Å². The van der Waals surface area contributed by atoms with Crippen LogP contribution in [0.4, 0.5) is 11.4 Å². The molecule has 0 saturated carbocycles. The van der Waals surface area contributed by atoms with E-state index in [4.69, 9.17) is 11.6 Å². The number of fused-ring (bicyclic) bond motifs is 1. The van der Waals surface area contributed by atoms with E-state index in [0.29, 0.717) is 22.1 Å². The molecule has 2 aromatic carbocycles. The second-order valence-electron chi connectivity index (χ2n) is 5.61. The third-order valence-corrected chi connectivity index (χ3v) is 3.88. The summed E-state index contributed by atoms with van der Waals surface area (Å²) < 4.78 is 1.03. The van der Waals surface area contributed by atoms with Crippen molar-refractivity contribution < 1.29 is 9.59 Å². The normalized spacial score (nSPS) is 10.5. The number of aromatic nitrogens is 2. The fourth-order valence-electron chi connectivity index (χ4n) is 2.48. The Morgan fingerprint density at radius 2 is 1.58 bits per heavy atom. The summed E-state index contributed by atoms with van der Waals surface area (Å²) in [6.07, 6.45) is 0. The largest absolute Gasteiger partial charge is 0.326 e. The number of carbonyl (C=O) groups is 2. The van der Waals surface area contributed by atoms with Gasteiger partial charge in [-0.25, -0.2) is 4.68 Å². The highest BCUT2D eigenvalue weighted by molar-refractivity contribution is 6.34. The fourth-order valence-corrected chi connectivity index (χ4v) is 2.73. The summed E-state index contributed by atoms with van der Waals surface area (Å²) in [5, 5.41) is 10.4. The molecule has 132 valence electrons. The zero-order chi connectivity index (χ0) is 18.7. The standard InChI is InChI=1S/C18H15ClN4O3/c1-11(24)20-12-6-8-13(9-7-12)21-16(25)10-23-18(26)15-5-3-2-4-14(15)17(19)22-23/h2-9H,10H2,1H3,(H,20,24)(H,21,25). The second kappa shape index (κ2) is 7.37. The highest BCUT2D eigenvalue weighted by Gasteiger charge is 2.12. The van der Waals surface area contributed by atoms with E-state index in [-0.39, 0.29) is 23.2 Å². The van der Waals surface area contributed by atoms with E-state index >= 15 is 0 Å². The van der Waals surface area contributed by atoms with E-state index in [2.05, 4.69) is 15.7 Å². The van der Waals surface area contributed by atoms with Crippen LogP contribution in [-0.4, -0.2) is 21.6 Å². The van der Waals surface area contributed by atoms with Gasteiger partial charge in [-0.3, -0.25) is 14.4 Å². The molecule has 1 aromatic heterocycles. The Morgan fingerprint density at radius 3 is 2.19 bits per heavy atom. The number of halogens is 1. The predicted molar refractivity (Wildman–Crippen MR) is 100 cm³/mol. The molecule has 0 radical (unpaired) electrons. The molecular weight excluding hydrogens is 356 g/mol. The molecule has 26 heavy (non-hydrogen) atoms. The smallest absolute Gasteiger partial charge is 0.275 e. The van der Waals surface area contributed by atoms with Crippen LogP contribution in [0.3, 0.4) is 0 Å². The van der Waals surface area contributed by atoms with Crippen molar-refractivity contribution in [2.45, 2.75) is 13.5 Å². The minimum absolute atomic E-state index is 0.160. The van der Waals surface area contributed by atoms with E-state index in [1.165, 1.54) is 6.92 Å². The molecule has 3 rings (SSSR count). The maximum atomic E-state index is 12.4. The SMILES string of the molecule is CC(=O)Nc1ccc(NC(=O)Cn2nc(Cl)c3ccccc3c2=O)cc1. The van der Waals surface area contributed by atoms with Crippen LogP contribution in [0.2, 0.25) is 5.15 Å². The van der Waals surface area contributed by atoms with Gasteiger partial charge in [0.2, 0.25) is 11.8 Å². The summed E-state index contributed by atoms with van der Waals surface area (Å²) >= 11 is 6.10. The number of amides is 2. The number of hydrogen-bond donors (Lipinski definition) is 2. The van der Waals surface area contributed by atoms with Gasteiger partial charge in [0.1, 0.15) is 6.54 Å². The van der Waals surface area contributed by atoms with Crippen LogP contribution in [0.5, 0.6) is 0 Å². The first-order valence-electron chi connectivity index (χ1n) is 7.77. The van der Waals surface area contributed by atoms with Crippen molar-refractivity contribution in [1.29, 1.82) is 0 Å². The van der Waals surface area contributed by atoms with Gasteiger partial charge in [0, 0.05) is 23.7 Å². The number of anilines is 2. The average molecular weight is 371 g/mol. The predicted octanol–water partition coefficient (Wildman–Crippen LogP) is 2.65. The van der Waals surface area contributed by atoms with E-state index in [9.17, 15) is 14.4 Å². The minimum Gasteiger partial charge on any atom is -0.326 e. The first-order chi connectivity index (χ1) is 12.4. The lowest BCUT2D eigenvalue weighted by atomic mass is 10.2. The summed E-state index contributed by atoms with van der Waals surface area (Å²) in [4.78, 5) is 35.7. The molecule has 8 heteroatoms. The van der Waals surface area contributed by atoms with E-state index in [1.807, 2.05) is 0 Å². The quantitative estimate of drug-likeness (QED) is 0.738. The molecule has 0 atom stereocenters. The number of carbonyl (C=O) groups excluding carboxylic acids is 2. The number of nitrogens with zero attached hydrogens (tertiary/aromatic N) is 2. The van der Waals surface area contributed by atoms with Crippen LogP contribution in [0.15, 0.2) is 53.3 Å². The Labute approximate surface area is 153 Å². The Bertz CT molecular complexity index is 1040. The first kappa shape index (κ1) is 17.6. The van der Waals surface area contributed by atoms with Crippen molar-refractivity contribution >= 4 is 45.6 Å². The van der Waals surface area contributed by atoms with Crippen molar-refractivity contribution in [3.8, 4) is 0 Å². The first-order valence-corrected chi connectivity index (χ1v) is 8.15. The van der Waals surface area contributed by atoms with Gasteiger partial charge in [-0.2, -0.15) is 5.10 Å².